The summed E-state index contributed by atoms with van der Waals surface area (Å²) in [5.74, 6) is -9.88. The van der Waals surface area contributed by atoms with Crippen molar-refractivity contribution in [3.05, 3.63) is 0 Å². The zero-order chi connectivity index (χ0) is 43.9. The zero-order valence-electron chi connectivity index (χ0n) is 33.6. The molecular formula is C39H64N4O15. The number of nitrogens with one attached hydrogen (secondary N) is 4. The average molecular weight is 829 g/mol. The molecule has 0 fully saturated rings. The maximum Gasteiger partial charge on any atom is 0.326 e. The molecular weight excluding hydrogens is 764 g/mol. The normalized spacial score (nSPS) is 12.9. The molecule has 0 aromatic rings. The molecule has 0 heterocycles. The highest BCUT2D eigenvalue weighted by Gasteiger charge is 2.27. The summed E-state index contributed by atoms with van der Waals surface area (Å²) < 4.78 is 0. The van der Waals surface area contributed by atoms with Crippen LogP contribution in [0.5, 0.6) is 0 Å². The summed E-state index contributed by atoms with van der Waals surface area (Å²) >= 11 is 0. The molecule has 0 aromatic carbocycles. The number of unbranched alkanes of at least 4 members (excludes halogenated alkanes) is 13. The third-order valence-corrected chi connectivity index (χ3v) is 9.34. The fourth-order valence-electron chi connectivity index (χ4n) is 5.95. The number of aliphatic carboxylic acids is 5. The molecule has 0 aliphatic carbocycles. The summed E-state index contributed by atoms with van der Waals surface area (Å²) in [4.78, 5) is 118. The smallest absolute Gasteiger partial charge is 0.326 e. The van der Waals surface area contributed by atoms with Gasteiger partial charge in [-0.1, -0.05) is 77.0 Å². The summed E-state index contributed by atoms with van der Waals surface area (Å²) in [5, 5.41) is 55.4. The molecule has 19 nitrogen and oxygen atoms in total. The number of carbonyl (C=O) groups excluding carboxylic acids is 5. The van der Waals surface area contributed by atoms with Gasteiger partial charge in [-0.05, 0) is 45.4 Å². The summed E-state index contributed by atoms with van der Waals surface area (Å²) in [6.07, 6.45) is 11.5. The van der Waals surface area contributed by atoms with Gasteiger partial charge in [-0.3, -0.25) is 24.0 Å². The van der Waals surface area contributed by atoms with E-state index in [1.54, 1.807) is 0 Å². The predicted octanol–water partition coefficient (Wildman–Crippen LogP) is 3.30. The molecule has 19 heteroatoms. The Balaban J connectivity index is 4.47. The van der Waals surface area contributed by atoms with Crippen molar-refractivity contribution in [3.63, 3.8) is 0 Å². The van der Waals surface area contributed by atoms with Crippen LogP contribution >= 0.6 is 0 Å². The third kappa shape index (κ3) is 29.2. The van der Waals surface area contributed by atoms with Crippen LogP contribution in [0.1, 0.15) is 161 Å². The van der Waals surface area contributed by atoms with E-state index in [0.29, 0.717) is 6.42 Å². The van der Waals surface area contributed by atoms with Gasteiger partial charge in [-0.25, -0.2) is 19.2 Å². The van der Waals surface area contributed by atoms with E-state index in [2.05, 4.69) is 21.3 Å². The lowest BCUT2D eigenvalue weighted by molar-refractivity contribution is -0.144. The molecule has 0 aliphatic heterocycles. The van der Waals surface area contributed by atoms with E-state index in [1.807, 2.05) is 0 Å². The molecule has 0 saturated carbocycles. The first-order valence-electron chi connectivity index (χ1n) is 20.2. The van der Waals surface area contributed by atoms with E-state index in [0.717, 1.165) is 64.2 Å². The number of rotatable bonds is 37. The topological polar surface area (TPSA) is 320 Å². The zero-order valence-corrected chi connectivity index (χ0v) is 33.6. The molecule has 58 heavy (non-hydrogen) atoms. The molecule has 0 aliphatic rings. The Hall–Kier alpha value is -5.10. The van der Waals surface area contributed by atoms with Crippen molar-refractivity contribution in [2.75, 3.05) is 0 Å². The van der Waals surface area contributed by atoms with Crippen molar-refractivity contribution in [1.29, 1.82) is 0 Å². The van der Waals surface area contributed by atoms with Crippen LogP contribution in [-0.2, 0) is 47.9 Å². The van der Waals surface area contributed by atoms with Crippen LogP contribution in [0.2, 0.25) is 0 Å². The van der Waals surface area contributed by atoms with Crippen molar-refractivity contribution >= 4 is 59.3 Å². The molecule has 0 rings (SSSR count). The van der Waals surface area contributed by atoms with Gasteiger partial charge in [0.15, 0.2) is 0 Å². The molecule has 0 bridgehead atoms. The number of ketones is 1. The van der Waals surface area contributed by atoms with E-state index < -0.39 is 110 Å². The monoisotopic (exact) mass is 828 g/mol. The Kier molecular flexibility index (Phi) is 29.1. The van der Waals surface area contributed by atoms with Gasteiger partial charge < -0.3 is 51.6 Å². The third-order valence-electron chi connectivity index (χ3n) is 9.34. The largest absolute Gasteiger partial charge is 0.481 e. The van der Waals surface area contributed by atoms with Crippen LogP contribution in [0.25, 0.3) is 0 Å². The number of hydrogen-bond donors (Lipinski definition) is 9. The van der Waals surface area contributed by atoms with Gasteiger partial charge in [0.25, 0.3) is 0 Å². The minimum atomic E-state index is -1.59. The van der Waals surface area contributed by atoms with Gasteiger partial charge in [0.2, 0.25) is 23.6 Å². The Morgan fingerprint density at radius 3 is 0.793 bits per heavy atom. The highest BCUT2D eigenvalue weighted by molar-refractivity contribution is 5.88. The van der Waals surface area contributed by atoms with Crippen LogP contribution in [0.15, 0.2) is 0 Å². The van der Waals surface area contributed by atoms with Crippen LogP contribution in [0.4, 0.5) is 0 Å². The molecule has 0 aromatic heterocycles. The number of carbonyl (C=O) groups is 10. The fraction of sp³-hybridized carbons (Fsp3) is 0.744. The Morgan fingerprint density at radius 2 is 0.552 bits per heavy atom. The number of amides is 4. The van der Waals surface area contributed by atoms with Crippen LogP contribution in [0.3, 0.4) is 0 Å². The highest BCUT2D eigenvalue weighted by Crippen LogP contribution is 2.14. The van der Waals surface area contributed by atoms with E-state index >= 15 is 0 Å². The second-order valence-electron chi connectivity index (χ2n) is 14.5. The van der Waals surface area contributed by atoms with E-state index in [4.69, 9.17) is 5.11 Å². The summed E-state index contributed by atoms with van der Waals surface area (Å²) in [7, 11) is 0. The predicted molar refractivity (Wildman–Crippen MR) is 207 cm³/mol. The lowest BCUT2D eigenvalue weighted by atomic mass is 10.0. The van der Waals surface area contributed by atoms with Gasteiger partial charge >= 0.3 is 29.8 Å². The Bertz CT molecular complexity index is 1360. The van der Waals surface area contributed by atoms with Gasteiger partial charge in [0.05, 0.1) is 0 Å². The minimum Gasteiger partial charge on any atom is -0.481 e. The van der Waals surface area contributed by atoms with Crippen molar-refractivity contribution in [1.82, 2.24) is 21.3 Å². The molecule has 4 atom stereocenters. The molecule has 0 spiro atoms. The van der Waals surface area contributed by atoms with Gasteiger partial charge in [0, 0.05) is 38.5 Å². The first-order chi connectivity index (χ1) is 27.4. The standard InChI is InChI=1S/C39H64N4O15/c1-26(44)18-19-27(36(51)52)41-32(46)24-21-29(38(55)56)43-34(48)25-22-30(39(57)58)42-33(47)23-20-28(37(53)54)40-31(45)16-14-12-10-8-6-4-2-3-5-7-9-11-13-15-17-35(49)50/h27-30H,2-25H2,1H3,(H,40,45)(H,41,46)(H,42,47)(H,43,48)(H,49,50)(H,51,52)(H,53,54)(H,55,56)(H,57,58)/t27-,28-,29?,30?/m0/s1. The van der Waals surface area contributed by atoms with Crippen LogP contribution < -0.4 is 21.3 Å². The molecule has 0 radical (unpaired) electrons. The summed E-state index contributed by atoms with van der Waals surface area (Å²) in [6, 6.07) is -5.94. The van der Waals surface area contributed by atoms with Crippen LogP contribution in [-0.4, -0.2) is 109 Å². The molecule has 4 amide bonds. The molecule has 0 saturated heterocycles. The number of Topliss-reactive ketones (excluding diaryl/α,β-unsaturated/α-hetero) is 1. The maximum absolute atomic E-state index is 12.5. The van der Waals surface area contributed by atoms with Gasteiger partial charge in [0.1, 0.15) is 30.0 Å². The Labute approximate surface area is 338 Å². The van der Waals surface area contributed by atoms with E-state index in [9.17, 15) is 68.4 Å². The lowest BCUT2D eigenvalue weighted by Gasteiger charge is -2.18. The van der Waals surface area contributed by atoms with Crippen molar-refractivity contribution in [2.24, 2.45) is 0 Å². The molecule has 330 valence electrons. The van der Waals surface area contributed by atoms with Crippen molar-refractivity contribution in [3.8, 4) is 0 Å². The first kappa shape index (κ1) is 52.9. The second-order valence-corrected chi connectivity index (χ2v) is 14.5. The quantitative estimate of drug-likeness (QED) is 0.0406. The summed E-state index contributed by atoms with van der Waals surface area (Å²) in [6.45, 7) is 1.25. The van der Waals surface area contributed by atoms with Gasteiger partial charge in [-0.2, -0.15) is 0 Å². The average Bonchev–Trinajstić information content (AvgIpc) is 3.14. The van der Waals surface area contributed by atoms with E-state index in [1.165, 1.54) is 26.2 Å². The maximum atomic E-state index is 12.5. The fourth-order valence-corrected chi connectivity index (χ4v) is 5.95. The van der Waals surface area contributed by atoms with Gasteiger partial charge in [-0.15, -0.1) is 0 Å². The SMILES string of the molecule is CC(=O)CC[C@H](NC(=O)CCC(NC(=O)CCC(NC(=O)CC[C@H](NC(=O)CCCCCCCCCCCCCCCCC(=O)O)C(=O)O)C(=O)O)C(=O)O)C(=O)O. The molecule has 2 unspecified atom stereocenters. The van der Waals surface area contributed by atoms with Crippen LogP contribution in [0, 0.1) is 0 Å². The summed E-state index contributed by atoms with van der Waals surface area (Å²) in [5.41, 5.74) is 0. The number of hydrogen-bond acceptors (Lipinski definition) is 10. The second kappa shape index (κ2) is 31.9. The number of carboxylic acids is 5. The Morgan fingerprint density at radius 1 is 0.328 bits per heavy atom. The van der Waals surface area contributed by atoms with Crippen molar-refractivity contribution in [2.45, 2.75) is 185 Å². The first-order valence-corrected chi connectivity index (χ1v) is 20.2. The lowest BCUT2D eigenvalue weighted by Crippen LogP contribution is -2.45. The molecule has 9 N–H and O–H groups in total. The van der Waals surface area contributed by atoms with E-state index in [-0.39, 0.29) is 37.9 Å². The van der Waals surface area contributed by atoms with Crippen molar-refractivity contribution < 1.29 is 73.5 Å². The minimum absolute atomic E-state index is 0.100. The number of carboxylic acid groups (broad SMARTS) is 5. The highest BCUT2D eigenvalue weighted by atomic mass is 16.4.